The van der Waals surface area contributed by atoms with Gasteiger partial charge >= 0.3 is 6.18 Å². The van der Waals surface area contributed by atoms with Gasteiger partial charge in [0, 0.05) is 20.3 Å². The van der Waals surface area contributed by atoms with Gasteiger partial charge in [0.15, 0.2) is 0 Å². The Morgan fingerprint density at radius 3 is 2.36 bits per heavy atom. The molecule has 2 aromatic heterocycles. The summed E-state index contributed by atoms with van der Waals surface area (Å²) in [6.45, 7) is 3.58. The minimum Gasteiger partial charge on any atom is -0.295 e. The van der Waals surface area contributed by atoms with E-state index in [0.29, 0.717) is 38.6 Å². The number of rotatable bonds is 0. The molecule has 0 bridgehead atoms. The molecule has 0 aliphatic carbocycles. The van der Waals surface area contributed by atoms with E-state index in [0.717, 1.165) is 0 Å². The van der Waals surface area contributed by atoms with Gasteiger partial charge in [-0.25, -0.2) is 4.98 Å². The number of aromatic nitrogens is 2. The Morgan fingerprint density at radius 1 is 1.04 bits per heavy atom. The second-order valence-electron chi connectivity index (χ2n) is 8.38. The Labute approximate surface area is 165 Å². The normalized spacial score (nSPS) is 23.3. The zero-order valence-corrected chi connectivity index (χ0v) is 16.0. The number of hydrogen-bond donors (Lipinski definition) is 0. The Kier molecular flexibility index (Phi) is 2.52. The molecule has 3 heterocycles. The predicted molar refractivity (Wildman–Crippen MR) is 106 cm³/mol. The molecule has 0 N–H and O–H groups in total. The summed E-state index contributed by atoms with van der Waals surface area (Å²) in [6, 6.07) is 10.2. The molecule has 0 spiro atoms. The third-order valence-electron chi connectivity index (χ3n) is 6.85. The molecule has 2 aromatic carbocycles. The van der Waals surface area contributed by atoms with Gasteiger partial charge in [0.05, 0.1) is 16.9 Å². The van der Waals surface area contributed by atoms with Gasteiger partial charge in [-0.05, 0) is 37.2 Å². The second kappa shape index (κ2) is 4.88. The van der Waals surface area contributed by atoms with E-state index in [2.05, 4.69) is 4.98 Å². The molecule has 1 aliphatic heterocycles. The van der Waals surface area contributed by atoms with Crippen LogP contribution in [0.25, 0.3) is 27.3 Å². The van der Waals surface area contributed by atoms with Crippen LogP contribution in [0.3, 0.4) is 0 Å². The Morgan fingerprint density at radius 2 is 1.71 bits per heavy atom. The van der Waals surface area contributed by atoms with Crippen molar-refractivity contribution in [2.45, 2.75) is 51.6 Å². The van der Waals surface area contributed by atoms with E-state index in [1.807, 2.05) is 12.1 Å². The van der Waals surface area contributed by atoms with Crippen LogP contribution in [0.2, 0.25) is 0 Å². The highest BCUT2D eigenvalue weighted by molar-refractivity contribution is 6.14. The maximum atomic E-state index is 14.7. The first-order valence-electron chi connectivity index (χ1n) is 10.7. The summed E-state index contributed by atoms with van der Waals surface area (Å²) in [6.07, 6.45) is -4.55. The first-order chi connectivity index (χ1) is 14.2. The number of pyridine rings is 1. The Bertz CT molecular complexity index is 1410. The van der Waals surface area contributed by atoms with Crippen molar-refractivity contribution in [1.29, 1.82) is 0 Å². The summed E-state index contributed by atoms with van der Waals surface area (Å²) in [5.41, 5.74) is -1.67. The molecule has 0 fully saturated rings. The molecule has 2 nitrogen and oxygen atoms in total. The van der Waals surface area contributed by atoms with Crippen LogP contribution in [-0.2, 0) is 10.8 Å². The van der Waals surface area contributed by atoms with Crippen molar-refractivity contribution in [3.63, 3.8) is 0 Å². The first kappa shape index (κ1) is 14.4. The number of aryl methyl sites for hydroxylation is 2. The number of benzene rings is 2. The minimum absolute atomic E-state index is 0.0749. The number of alkyl halides is 3. The molecule has 144 valence electrons. The van der Waals surface area contributed by atoms with Gasteiger partial charge in [0.2, 0.25) is 0 Å². The summed E-state index contributed by atoms with van der Waals surface area (Å²) in [4.78, 5) is 4.58. The van der Waals surface area contributed by atoms with E-state index in [4.69, 9.17) is 4.11 Å². The van der Waals surface area contributed by atoms with Crippen LogP contribution >= 0.6 is 0 Å². The number of nitrogens with zero attached hydrogens (tertiary/aromatic N) is 2. The first-order valence-corrected chi connectivity index (χ1v) is 9.17. The van der Waals surface area contributed by atoms with Crippen molar-refractivity contribution in [3.8, 4) is 0 Å². The van der Waals surface area contributed by atoms with Crippen LogP contribution in [0.15, 0.2) is 36.4 Å². The zero-order valence-electron chi connectivity index (χ0n) is 19.0. The molecular formula is C23H21F3N2. The molecule has 28 heavy (non-hydrogen) atoms. The topological polar surface area (TPSA) is 17.3 Å². The maximum absolute atomic E-state index is 14.7. The summed E-state index contributed by atoms with van der Waals surface area (Å²) in [5.74, 6) is 0. The number of hydrogen-bond acceptors (Lipinski definition) is 1. The average molecular weight is 385 g/mol. The molecule has 0 saturated carbocycles. The predicted octanol–water partition coefficient (Wildman–Crippen LogP) is 6.37. The molecule has 5 heteroatoms. The van der Waals surface area contributed by atoms with E-state index in [1.54, 1.807) is 43.4 Å². The van der Waals surface area contributed by atoms with Crippen LogP contribution in [0, 0.1) is 13.8 Å². The molecule has 1 atom stereocenters. The molecule has 1 aliphatic rings. The summed E-state index contributed by atoms with van der Waals surface area (Å²) < 4.78 is 70.0. The van der Waals surface area contributed by atoms with Crippen LogP contribution in [0.1, 0.15) is 47.4 Å². The van der Waals surface area contributed by atoms with E-state index in [9.17, 15) is 13.2 Å². The van der Waals surface area contributed by atoms with Gasteiger partial charge in [0.25, 0.3) is 0 Å². The van der Waals surface area contributed by atoms with E-state index in [-0.39, 0.29) is 11.3 Å². The number of fused-ring (bicyclic) bond motifs is 3. The standard InChI is InChI=1S/C23H21F3N2/c1-12-10-11-16-18-17(12)14-8-6-7-9-15(14)20-27-13(2)19(28(18)20)22(5,21(16,3)4)23(24,25)26/h6-11H,1-5H3/i1D3. The SMILES string of the molecule is [2H]C([2H])([2H])c1ccc2c3c1c1ccccc1c1nc(C)c(n13)C(C)(C(F)(F)F)C2(C)C. The zero-order chi connectivity index (χ0) is 22.7. The number of imidazole rings is 1. The van der Waals surface area contributed by atoms with Crippen LogP contribution in [0.5, 0.6) is 0 Å². The molecule has 0 amide bonds. The van der Waals surface area contributed by atoms with Gasteiger partial charge in [0.1, 0.15) is 11.1 Å². The lowest BCUT2D eigenvalue weighted by Gasteiger charge is -2.49. The quantitative estimate of drug-likeness (QED) is 0.322. The van der Waals surface area contributed by atoms with Crippen molar-refractivity contribution in [1.82, 2.24) is 9.38 Å². The highest BCUT2D eigenvalue weighted by atomic mass is 19.4. The van der Waals surface area contributed by atoms with Gasteiger partial charge in [-0.15, -0.1) is 0 Å². The van der Waals surface area contributed by atoms with Gasteiger partial charge in [-0.2, -0.15) is 13.2 Å². The lowest BCUT2D eigenvalue weighted by molar-refractivity contribution is -0.205. The van der Waals surface area contributed by atoms with Crippen molar-refractivity contribution in [2.24, 2.45) is 0 Å². The third kappa shape index (κ3) is 1.70. The molecule has 0 saturated heterocycles. The lowest BCUT2D eigenvalue weighted by Crippen LogP contribution is -2.56. The molecule has 1 unspecified atom stereocenters. The van der Waals surface area contributed by atoms with Gasteiger partial charge < -0.3 is 0 Å². The van der Waals surface area contributed by atoms with E-state index >= 15 is 0 Å². The van der Waals surface area contributed by atoms with Crippen molar-refractivity contribution in [3.05, 3.63) is 58.9 Å². The maximum Gasteiger partial charge on any atom is 0.400 e. The van der Waals surface area contributed by atoms with Crippen molar-refractivity contribution < 1.29 is 17.3 Å². The van der Waals surface area contributed by atoms with Gasteiger partial charge in [-0.3, -0.25) is 4.40 Å². The molecule has 4 aromatic rings. The lowest BCUT2D eigenvalue weighted by atomic mass is 9.58. The molecule has 5 rings (SSSR count). The van der Waals surface area contributed by atoms with Crippen molar-refractivity contribution in [2.75, 3.05) is 0 Å². The fraction of sp³-hybridized carbons (Fsp3) is 0.348. The monoisotopic (exact) mass is 385 g/mol. The fourth-order valence-corrected chi connectivity index (χ4v) is 5.06. The van der Waals surface area contributed by atoms with Crippen LogP contribution in [0.4, 0.5) is 13.2 Å². The largest absolute Gasteiger partial charge is 0.400 e. The van der Waals surface area contributed by atoms with E-state index in [1.165, 1.54) is 13.0 Å². The Hall–Kier alpha value is -2.56. The van der Waals surface area contributed by atoms with Crippen LogP contribution < -0.4 is 0 Å². The van der Waals surface area contributed by atoms with E-state index < -0.39 is 23.9 Å². The minimum atomic E-state index is -4.55. The van der Waals surface area contributed by atoms with Crippen LogP contribution in [-0.4, -0.2) is 15.6 Å². The summed E-state index contributed by atoms with van der Waals surface area (Å²) >= 11 is 0. The fourth-order valence-electron chi connectivity index (χ4n) is 5.06. The smallest absolute Gasteiger partial charge is 0.295 e. The molecular weight excluding hydrogens is 361 g/mol. The molecule has 0 radical (unpaired) electrons. The summed E-state index contributed by atoms with van der Waals surface area (Å²) in [5, 5.41) is 1.79. The van der Waals surface area contributed by atoms with Crippen molar-refractivity contribution >= 4 is 27.3 Å². The Balaban J connectivity index is 2.20. The highest BCUT2D eigenvalue weighted by Gasteiger charge is 2.65. The van der Waals surface area contributed by atoms with Gasteiger partial charge in [-0.1, -0.05) is 50.2 Å². The number of halogens is 3. The second-order valence-corrected chi connectivity index (χ2v) is 8.38. The highest BCUT2D eigenvalue weighted by Crippen LogP contribution is 2.58. The summed E-state index contributed by atoms with van der Waals surface area (Å²) in [7, 11) is 0. The average Bonchev–Trinajstić information content (AvgIpc) is 3.01. The third-order valence-corrected chi connectivity index (χ3v) is 6.85.